The summed E-state index contributed by atoms with van der Waals surface area (Å²) in [5.74, 6) is -1.70. The topological polar surface area (TPSA) is 200 Å². The van der Waals surface area contributed by atoms with Crippen LogP contribution in [0.4, 0.5) is 15.5 Å². The standard InChI is InChI=1S/C33H41BrFN5O9Si/c1-17-29(50(2,3)35)24(9-11-39-16-21(10-12-41)37-38-39)49-33(17)22-14-19(34)7-8-23(22)40(32(33)47)15-18-5-4-6-20(13-18)36-30(45)28-26(43)25(42)27(44)31(46)48-28/h4-8,13-14,16-17,24-29,31,41-44,46H,9-12,15H2,1-3H3,(H,36,45)/t17-,24+,25+,26+,27-,28+,29-,31-,33+/m1/s1. The summed E-state index contributed by atoms with van der Waals surface area (Å²) in [5.41, 5.74) is 0.835. The van der Waals surface area contributed by atoms with Crippen molar-refractivity contribution in [3.63, 3.8) is 0 Å². The Balaban J connectivity index is 1.26. The van der Waals surface area contributed by atoms with Gasteiger partial charge in [-0.2, -0.15) is 0 Å². The highest BCUT2D eigenvalue weighted by atomic mass is 79.9. The lowest BCUT2D eigenvalue weighted by Crippen LogP contribution is -2.60. The van der Waals surface area contributed by atoms with Gasteiger partial charge in [-0.1, -0.05) is 40.2 Å². The summed E-state index contributed by atoms with van der Waals surface area (Å²) >= 11 is 3.55. The molecule has 1 aromatic heterocycles. The normalized spacial score (nSPS) is 31.0. The van der Waals surface area contributed by atoms with E-state index in [2.05, 4.69) is 31.6 Å². The molecule has 3 aromatic rings. The maximum absolute atomic E-state index is 16.2. The van der Waals surface area contributed by atoms with Gasteiger partial charge in [-0.3, -0.25) is 14.3 Å². The Labute approximate surface area is 297 Å². The maximum Gasteiger partial charge on any atom is 0.264 e. The SMILES string of the molecule is C[C@@H]1[C@@H]([Si](C)(C)F)[C@H](CCn2cc(CCO)nn2)O[C@@]12C(=O)N(Cc1cccc(NC(=O)[C@H]3O[C@@H](O)[C@H](O)[C@@H](O)[C@@H]3O)c1)c1ccc(Br)cc12. The van der Waals surface area contributed by atoms with Crippen LogP contribution in [0.25, 0.3) is 0 Å². The van der Waals surface area contributed by atoms with E-state index in [9.17, 15) is 35.1 Å². The lowest BCUT2D eigenvalue weighted by atomic mass is 9.82. The summed E-state index contributed by atoms with van der Waals surface area (Å²) < 4.78 is 30.4. The van der Waals surface area contributed by atoms with Crippen LogP contribution in [0, 0.1) is 5.92 Å². The van der Waals surface area contributed by atoms with Crippen LogP contribution < -0.4 is 10.2 Å². The molecule has 0 bridgehead atoms. The molecule has 0 radical (unpaired) electrons. The van der Waals surface area contributed by atoms with E-state index in [1.165, 1.54) is 0 Å². The zero-order valence-electron chi connectivity index (χ0n) is 27.7. The predicted molar refractivity (Wildman–Crippen MR) is 183 cm³/mol. The highest BCUT2D eigenvalue weighted by Crippen LogP contribution is 2.60. The number of hydrogen-bond acceptors (Lipinski definition) is 11. The number of nitrogens with zero attached hydrogens (tertiary/aromatic N) is 4. The molecule has 17 heteroatoms. The van der Waals surface area contributed by atoms with Gasteiger partial charge < -0.3 is 49.3 Å². The van der Waals surface area contributed by atoms with Crippen LogP contribution in [0.2, 0.25) is 18.6 Å². The van der Waals surface area contributed by atoms with Crippen molar-refractivity contribution in [2.24, 2.45) is 5.92 Å². The molecule has 6 N–H and O–H groups in total. The van der Waals surface area contributed by atoms with Gasteiger partial charge in [0.1, 0.15) is 18.3 Å². The molecule has 2 saturated heterocycles. The highest BCUT2D eigenvalue weighted by molar-refractivity contribution is 9.10. The van der Waals surface area contributed by atoms with Crippen LogP contribution in [0.1, 0.15) is 30.2 Å². The number of nitrogens with one attached hydrogen (secondary N) is 1. The number of halogens is 2. The quantitative estimate of drug-likeness (QED) is 0.129. The number of benzene rings is 2. The molecule has 270 valence electrons. The van der Waals surface area contributed by atoms with Crippen molar-refractivity contribution in [3.8, 4) is 0 Å². The second kappa shape index (κ2) is 14.1. The van der Waals surface area contributed by atoms with Crippen molar-refractivity contribution >= 4 is 47.5 Å². The Morgan fingerprint density at radius 2 is 1.88 bits per heavy atom. The van der Waals surface area contributed by atoms with Crippen LogP contribution in [0.5, 0.6) is 0 Å². The van der Waals surface area contributed by atoms with Crippen molar-refractivity contribution in [3.05, 3.63) is 70.0 Å². The van der Waals surface area contributed by atoms with Crippen LogP contribution in [0.15, 0.2) is 53.1 Å². The molecule has 1 spiro atoms. The molecule has 4 heterocycles. The van der Waals surface area contributed by atoms with Crippen LogP contribution in [-0.4, -0.2) is 104 Å². The third-order valence-corrected chi connectivity index (χ3v) is 12.9. The van der Waals surface area contributed by atoms with Gasteiger partial charge in [0.2, 0.25) is 8.41 Å². The molecule has 50 heavy (non-hydrogen) atoms. The fourth-order valence-corrected chi connectivity index (χ4v) is 10.5. The van der Waals surface area contributed by atoms with E-state index in [1.807, 2.05) is 25.1 Å². The van der Waals surface area contributed by atoms with Gasteiger partial charge in [0.05, 0.1) is 24.0 Å². The van der Waals surface area contributed by atoms with Crippen LogP contribution in [0.3, 0.4) is 0 Å². The molecule has 2 amide bonds. The second-order valence-electron chi connectivity index (χ2n) is 13.7. The van der Waals surface area contributed by atoms with Crippen LogP contribution >= 0.6 is 15.9 Å². The molecule has 6 rings (SSSR count). The second-order valence-corrected chi connectivity index (χ2v) is 18.4. The molecule has 2 fully saturated rings. The van der Waals surface area contributed by atoms with E-state index in [0.717, 1.165) is 4.47 Å². The van der Waals surface area contributed by atoms with Crippen molar-refractivity contribution in [1.82, 2.24) is 15.0 Å². The largest absolute Gasteiger partial charge is 0.396 e. The first-order valence-corrected chi connectivity index (χ1v) is 20.2. The molecule has 2 aromatic carbocycles. The average molecular weight is 779 g/mol. The summed E-state index contributed by atoms with van der Waals surface area (Å²) in [4.78, 5) is 29.3. The van der Waals surface area contributed by atoms with Gasteiger partial charge in [-0.05, 0) is 55.4 Å². The fourth-order valence-electron chi connectivity index (χ4n) is 7.60. The number of aromatic nitrogens is 3. The summed E-state index contributed by atoms with van der Waals surface area (Å²) in [6.07, 6.45) is -6.99. The molecule has 3 aliphatic heterocycles. The number of hydrogen-bond donors (Lipinski definition) is 6. The number of aryl methyl sites for hydroxylation is 1. The van der Waals surface area contributed by atoms with Gasteiger partial charge in [0.25, 0.3) is 11.8 Å². The molecule has 9 atom stereocenters. The third-order valence-electron chi connectivity index (χ3n) is 9.90. The Morgan fingerprint density at radius 1 is 1.12 bits per heavy atom. The zero-order valence-corrected chi connectivity index (χ0v) is 30.3. The van der Waals surface area contributed by atoms with Crippen molar-refractivity contribution < 1.29 is 48.7 Å². The Morgan fingerprint density at radius 3 is 2.60 bits per heavy atom. The van der Waals surface area contributed by atoms with Crippen molar-refractivity contribution in [1.29, 1.82) is 0 Å². The predicted octanol–water partition coefficient (Wildman–Crippen LogP) is 1.73. The van der Waals surface area contributed by atoms with E-state index < -0.39 is 68.2 Å². The van der Waals surface area contributed by atoms with Crippen LogP contribution in [-0.2, 0) is 44.2 Å². The van der Waals surface area contributed by atoms with Gasteiger partial charge in [0.15, 0.2) is 18.0 Å². The number of rotatable bonds is 10. The first kappa shape index (κ1) is 36.7. The van der Waals surface area contributed by atoms with Gasteiger partial charge in [-0.25, -0.2) is 0 Å². The maximum atomic E-state index is 16.2. The number of carbonyl (C=O) groups is 2. The first-order valence-electron chi connectivity index (χ1n) is 16.4. The van der Waals surface area contributed by atoms with Gasteiger partial charge in [-0.15, -0.1) is 5.10 Å². The highest BCUT2D eigenvalue weighted by Gasteiger charge is 2.66. The molecule has 0 unspecified atom stereocenters. The summed E-state index contributed by atoms with van der Waals surface area (Å²) in [6, 6.07) is 12.2. The van der Waals surface area contributed by atoms with E-state index in [4.69, 9.17) is 9.47 Å². The number of amides is 2. The number of fused-ring (bicyclic) bond motifs is 2. The molecular weight excluding hydrogens is 737 g/mol. The Bertz CT molecular complexity index is 1750. The molecule has 0 saturated carbocycles. The number of anilines is 2. The lowest BCUT2D eigenvalue weighted by Gasteiger charge is -2.37. The Hall–Kier alpha value is -3.13. The Kier molecular flexibility index (Phi) is 10.3. The van der Waals surface area contributed by atoms with E-state index in [-0.39, 0.29) is 19.1 Å². The number of carbonyl (C=O) groups excluding carboxylic acids is 2. The summed E-state index contributed by atoms with van der Waals surface area (Å²) in [7, 11) is -3.40. The molecule has 0 aliphatic carbocycles. The number of ether oxygens (including phenoxy) is 2. The van der Waals surface area contributed by atoms with E-state index >= 15 is 4.11 Å². The minimum absolute atomic E-state index is 0.0535. The van der Waals surface area contributed by atoms with E-state index in [1.54, 1.807) is 53.1 Å². The summed E-state index contributed by atoms with van der Waals surface area (Å²) in [6.45, 7) is 5.57. The minimum atomic E-state index is -3.40. The van der Waals surface area contributed by atoms with Crippen molar-refractivity contribution in [2.45, 2.75) is 93.9 Å². The van der Waals surface area contributed by atoms with Gasteiger partial charge in [0, 0.05) is 53.0 Å². The fraction of sp³-hybridized carbons (Fsp3) is 0.515. The monoisotopic (exact) mass is 777 g/mol. The van der Waals surface area contributed by atoms with E-state index in [0.29, 0.717) is 47.6 Å². The van der Waals surface area contributed by atoms with Crippen molar-refractivity contribution in [2.75, 3.05) is 16.8 Å². The average Bonchev–Trinajstić information content (AvgIpc) is 3.70. The zero-order chi connectivity index (χ0) is 36.1. The molecule has 3 aliphatic rings. The summed E-state index contributed by atoms with van der Waals surface area (Å²) in [5, 5.41) is 59.9. The molecular formula is C33H41BrFN5O9Si. The molecule has 14 nitrogen and oxygen atoms in total. The number of aliphatic hydroxyl groups excluding tert-OH is 5. The lowest BCUT2D eigenvalue weighted by molar-refractivity contribution is -0.274. The number of aliphatic hydroxyl groups is 5. The van der Waals surface area contributed by atoms with Gasteiger partial charge >= 0.3 is 0 Å². The first-order chi connectivity index (χ1) is 23.6. The third kappa shape index (κ3) is 6.66. The smallest absolute Gasteiger partial charge is 0.264 e. The minimum Gasteiger partial charge on any atom is -0.396 e.